The van der Waals surface area contributed by atoms with Gasteiger partial charge >= 0.3 is 0 Å². The third-order valence-corrected chi connectivity index (χ3v) is 6.27. The van der Waals surface area contributed by atoms with Crippen molar-refractivity contribution in [1.82, 2.24) is 19.7 Å². The average molecular weight is 438 g/mol. The summed E-state index contributed by atoms with van der Waals surface area (Å²) in [5.74, 6) is 0.329. The third kappa shape index (κ3) is 3.94. The number of sulfonamides is 1. The Morgan fingerprint density at radius 2 is 1.87 bits per heavy atom. The van der Waals surface area contributed by atoms with Gasteiger partial charge in [0.2, 0.25) is 16.0 Å². The molecule has 9 nitrogen and oxygen atoms in total. The van der Waals surface area contributed by atoms with E-state index < -0.39 is 10.0 Å². The number of nitrogens with zero attached hydrogens (tertiary/aromatic N) is 4. The van der Waals surface area contributed by atoms with E-state index in [1.807, 2.05) is 36.9 Å². The van der Waals surface area contributed by atoms with Crippen LogP contribution in [-0.4, -0.2) is 35.2 Å². The molecule has 4 N–H and O–H groups in total. The van der Waals surface area contributed by atoms with E-state index >= 15 is 0 Å². The van der Waals surface area contributed by atoms with Gasteiger partial charge in [-0.2, -0.15) is 5.10 Å². The van der Waals surface area contributed by atoms with Crippen molar-refractivity contribution in [2.24, 2.45) is 12.2 Å². The molecule has 0 fully saturated rings. The molecule has 0 saturated carbocycles. The predicted molar refractivity (Wildman–Crippen MR) is 122 cm³/mol. The maximum atomic E-state index is 11.8. The first-order valence-corrected chi connectivity index (χ1v) is 11.1. The number of aromatic nitrogens is 4. The first-order chi connectivity index (χ1) is 14.7. The fourth-order valence-corrected chi connectivity index (χ4v) is 4.25. The van der Waals surface area contributed by atoms with Crippen LogP contribution in [-0.2, 0) is 17.1 Å². The fourth-order valence-electron chi connectivity index (χ4n) is 3.44. The van der Waals surface area contributed by atoms with Crippen molar-refractivity contribution < 1.29 is 8.42 Å². The summed E-state index contributed by atoms with van der Waals surface area (Å²) in [6.07, 6.45) is 1.67. The molecule has 0 radical (unpaired) electrons. The Labute approximate surface area is 180 Å². The highest BCUT2D eigenvalue weighted by atomic mass is 32.2. The molecule has 31 heavy (non-hydrogen) atoms. The SMILES string of the molecule is CNc1cnc(Nc2ccc(C)c(S(N)(=O)=O)c2)nc1-c1ccc2c(C)n(C)nc2c1. The molecular weight excluding hydrogens is 414 g/mol. The summed E-state index contributed by atoms with van der Waals surface area (Å²) in [5, 5.41) is 17.1. The van der Waals surface area contributed by atoms with E-state index in [-0.39, 0.29) is 4.90 Å². The second-order valence-electron chi connectivity index (χ2n) is 7.30. The number of rotatable bonds is 5. The molecule has 10 heteroatoms. The van der Waals surface area contributed by atoms with E-state index in [0.717, 1.165) is 27.8 Å². The molecule has 0 bridgehead atoms. The standard InChI is InChI=1S/C21H23N7O2S/c1-12-5-7-15(10-19(12)31(22,29)30)25-21-24-11-18(23-3)20(26-21)14-6-8-16-13(2)28(4)27-17(16)9-14/h5-11,23H,1-4H3,(H2,22,29,30)(H,24,25,26). The van der Waals surface area contributed by atoms with Crippen LogP contribution in [0.5, 0.6) is 0 Å². The first kappa shape index (κ1) is 20.8. The average Bonchev–Trinajstić information content (AvgIpc) is 3.01. The Balaban J connectivity index is 1.75. The molecular formula is C21H23N7O2S. The highest BCUT2D eigenvalue weighted by molar-refractivity contribution is 7.89. The van der Waals surface area contributed by atoms with Gasteiger partial charge in [0.05, 0.1) is 28.0 Å². The molecule has 0 unspecified atom stereocenters. The summed E-state index contributed by atoms with van der Waals surface area (Å²) >= 11 is 0. The van der Waals surface area contributed by atoms with Gasteiger partial charge in [-0.3, -0.25) is 4.68 Å². The lowest BCUT2D eigenvalue weighted by atomic mass is 10.1. The summed E-state index contributed by atoms with van der Waals surface area (Å²) in [5.41, 5.74) is 5.40. The Morgan fingerprint density at radius 3 is 2.58 bits per heavy atom. The summed E-state index contributed by atoms with van der Waals surface area (Å²) in [4.78, 5) is 9.06. The minimum absolute atomic E-state index is 0.0561. The van der Waals surface area contributed by atoms with E-state index in [4.69, 9.17) is 5.14 Å². The molecule has 0 amide bonds. The monoisotopic (exact) mass is 437 g/mol. The zero-order chi connectivity index (χ0) is 22.3. The van der Waals surface area contributed by atoms with Crippen LogP contribution in [0, 0.1) is 13.8 Å². The number of benzene rings is 2. The molecule has 4 rings (SSSR count). The molecule has 2 heterocycles. The molecule has 160 valence electrons. The van der Waals surface area contributed by atoms with Gasteiger partial charge in [-0.15, -0.1) is 0 Å². The Hall–Kier alpha value is -3.50. The molecule has 2 aromatic heterocycles. The number of anilines is 3. The molecule has 0 spiro atoms. The topological polar surface area (TPSA) is 128 Å². The van der Waals surface area contributed by atoms with Gasteiger partial charge in [0.15, 0.2) is 0 Å². The number of hydrogen-bond acceptors (Lipinski definition) is 7. The maximum Gasteiger partial charge on any atom is 0.238 e. The quantitative estimate of drug-likeness (QED) is 0.438. The summed E-state index contributed by atoms with van der Waals surface area (Å²) in [6.45, 7) is 3.72. The van der Waals surface area contributed by atoms with Crippen molar-refractivity contribution in [3.8, 4) is 11.3 Å². The van der Waals surface area contributed by atoms with Gasteiger partial charge in [-0.25, -0.2) is 23.5 Å². The predicted octanol–water partition coefficient (Wildman–Crippen LogP) is 3.08. The lowest BCUT2D eigenvalue weighted by Gasteiger charge is -2.12. The number of fused-ring (bicyclic) bond motifs is 1. The van der Waals surface area contributed by atoms with Crippen LogP contribution < -0.4 is 15.8 Å². The number of primary sulfonamides is 1. The van der Waals surface area contributed by atoms with Crippen molar-refractivity contribution in [2.45, 2.75) is 18.7 Å². The number of hydrogen-bond donors (Lipinski definition) is 3. The molecule has 0 aliphatic carbocycles. The summed E-state index contributed by atoms with van der Waals surface area (Å²) in [7, 11) is -0.115. The Bertz CT molecular complexity index is 1410. The fraction of sp³-hybridized carbons (Fsp3) is 0.190. The molecule has 4 aromatic rings. The van der Waals surface area contributed by atoms with E-state index in [9.17, 15) is 8.42 Å². The van der Waals surface area contributed by atoms with Crippen LogP contribution in [0.15, 0.2) is 47.5 Å². The number of aryl methyl sites for hydroxylation is 3. The lowest BCUT2D eigenvalue weighted by molar-refractivity contribution is 0.597. The largest absolute Gasteiger partial charge is 0.385 e. The van der Waals surface area contributed by atoms with Gasteiger partial charge in [-0.05, 0) is 37.6 Å². The molecule has 0 atom stereocenters. The highest BCUT2D eigenvalue weighted by Crippen LogP contribution is 2.30. The van der Waals surface area contributed by atoms with Crippen LogP contribution >= 0.6 is 0 Å². The Morgan fingerprint density at radius 1 is 1.10 bits per heavy atom. The normalized spacial score (nSPS) is 11.6. The number of nitrogens with two attached hydrogens (primary N) is 1. The Kier molecular flexibility index (Phi) is 5.11. The van der Waals surface area contributed by atoms with Crippen LogP contribution in [0.1, 0.15) is 11.3 Å². The van der Waals surface area contributed by atoms with Gasteiger partial charge in [-0.1, -0.05) is 18.2 Å². The lowest BCUT2D eigenvalue weighted by Crippen LogP contribution is -2.14. The van der Waals surface area contributed by atoms with E-state index in [0.29, 0.717) is 22.9 Å². The number of nitrogens with one attached hydrogen (secondary N) is 2. The van der Waals surface area contributed by atoms with Gasteiger partial charge in [0.1, 0.15) is 0 Å². The van der Waals surface area contributed by atoms with E-state index in [1.165, 1.54) is 6.07 Å². The van der Waals surface area contributed by atoms with Crippen LogP contribution in [0.4, 0.5) is 17.3 Å². The second-order valence-corrected chi connectivity index (χ2v) is 8.83. The van der Waals surface area contributed by atoms with E-state index in [2.05, 4.69) is 25.7 Å². The van der Waals surface area contributed by atoms with Gasteiger partial charge in [0.25, 0.3) is 0 Å². The van der Waals surface area contributed by atoms with Gasteiger partial charge in [0, 0.05) is 36.4 Å². The zero-order valence-corrected chi connectivity index (χ0v) is 18.4. The minimum atomic E-state index is -3.83. The van der Waals surface area contributed by atoms with Crippen LogP contribution in [0.3, 0.4) is 0 Å². The summed E-state index contributed by atoms with van der Waals surface area (Å²) < 4.78 is 25.5. The van der Waals surface area contributed by atoms with E-state index in [1.54, 1.807) is 32.3 Å². The zero-order valence-electron chi connectivity index (χ0n) is 17.6. The van der Waals surface area contributed by atoms with Crippen molar-refractivity contribution in [1.29, 1.82) is 0 Å². The highest BCUT2D eigenvalue weighted by Gasteiger charge is 2.15. The minimum Gasteiger partial charge on any atom is -0.385 e. The van der Waals surface area contributed by atoms with Crippen molar-refractivity contribution in [3.05, 3.63) is 53.9 Å². The first-order valence-electron chi connectivity index (χ1n) is 9.56. The third-order valence-electron chi connectivity index (χ3n) is 5.21. The summed E-state index contributed by atoms with van der Waals surface area (Å²) in [6, 6.07) is 10.9. The molecule has 2 aromatic carbocycles. The second kappa shape index (κ2) is 7.64. The smallest absolute Gasteiger partial charge is 0.238 e. The molecule has 0 aliphatic heterocycles. The molecule has 0 saturated heterocycles. The van der Waals surface area contributed by atoms with Gasteiger partial charge < -0.3 is 10.6 Å². The van der Waals surface area contributed by atoms with Crippen molar-refractivity contribution in [2.75, 3.05) is 17.7 Å². The van der Waals surface area contributed by atoms with Crippen molar-refractivity contribution in [3.63, 3.8) is 0 Å². The van der Waals surface area contributed by atoms with Crippen LogP contribution in [0.2, 0.25) is 0 Å². The maximum absolute atomic E-state index is 11.8. The molecule has 0 aliphatic rings. The van der Waals surface area contributed by atoms with Crippen molar-refractivity contribution >= 4 is 38.2 Å². The van der Waals surface area contributed by atoms with Crippen LogP contribution in [0.25, 0.3) is 22.2 Å².